The van der Waals surface area contributed by atoms with Crippen molar-refractivity contribution in [1.82, 2.24) is 60.7 Å². The molecule has 5 amide bonds. The van der Waals surface area contributed by atoms with E-state index in [-0.39, 0.29) is 95.4 Å². The van der Waals surface area contributed by atoms with Gasteiger partial charge < -0.3 is 104 Å². The van der Waals surface area contributed by atoms with Crippen LogP contribution in [0.3, 0.4) is 0 Å². The van der Waals surface area contributed by atoms with E-state index >= 15 is 0 Å². The van der Waals surface area contributed by atoms with Crippen molar-refractivity contribution in [3.8, 4) is 5.75 Å². The van der Waals surface area contributed by atoms with Crippen molar-refractivity contribution >= 4 is 97.1 Å². The number of hydrogen-bond donors (Lipinski definition) is 17. The Bertz CT molecular complexity index is 3220. The number of rotatable bonds is 31. The van der Waals surface area contributed by atoms with E-state index in [4.69, 9.17) is 15.6 Å². The van der Waals surface area contributed by atoms with Crippen molar-refractivity contribution in [3.05, 3.63) is 81.4 Å². The number of aryl methyl sites for hydroxylation is 3. The van der Waals surface area contributed by atoms with Gasteiger partial charge in [0.25, 0.3) is 5.91 Å². The first-order valence-electron chi connectivity index (χ1n) is 28.6. The molecule has 0 saturated carbocycles. The van der Waals surface area contributed by atoms with Crippen LogP contribution >= 0.6 is 21.7 Å². The monoisotopic (exact) mass is 1360 g/mol. The summed E-state index contributed by atoms with van der Waals surface area (Å²) in [4.78, 5) is 125. The van der Waals surface area contributed by atoms with Gasteiger partial charge in [0.05, 0.1) is 65.0 Å². The Balaban J connectivity index is 0.000000530. The lowest BCUT2D eigenvalue weighted by atomic mass is 10.1. The van der Waals surface area contributed by atoms with E-state index in [0.717, 1.165) is 5.56 Å². The predicted molar refractivity (Wildman–Crippen MR) is 338 cm³/mol. The number of nitrogens with zero attached hydrogens (tertiary/aromatic N) is 6. The van der Waals surface area contributed by atoms with E-state index in [9.17, 15) is 89.4 Å². The van der Waals surface area contributed by atoms with Gasteiger partial charge in [0, 0.05) is 121 Å². The van der Waals surface area contributed by atoms with Crippen LogP contribution in [0.15, 0.2) is 58.6 Å². The van der Waals surface area contributed by atoms with Gasteiger partial charge in [0.1, 0.15) is 29.4 Å². The van der Waals surface area contributed by atoms with Gasteiger partial charge in [-0.05, 0) is 78.8 Å². The van der Waals surface area contributed by atoms with Gasteiger partial charge >= 0.3 is 17.9 Å². The Labute approximate surface area is 534 Å². The summed E-state index contributed by atoms with van der Waals surface area (Å²) in [6.07, 6.45) is 5.07. The second-order valence-corrected chi connectivity index (χ2v) is 25.4. The fourth-order valence-corrected chi connectivity index (χ4v) is 11.3. The van der Waals surface area contributed by atoms with Crippen molar-refractivity contribution < 1.29 is 94.5 Å². The number of benzene rings is 2. The van der Waals surface area contributed by atoms with E-state index in [0.29, 0.717) is 66.5 Å². The molecule has 2 aromatic heterocycles. The summed E-state index contributed by atoms with van der Waals surface area (Å²) >= 11 is -2.41. The van der Waals surface area contributed by atoms with Crippen LogP contribution in [0.2, 0.25) is 0 Å². The number of carboxylic acid groups (broad SMARTS) is 3. The number of nitrogens with one attached hydrogen (secondary N) is 7. The molecule has 0 bridgehead atoms. The number of amides is 5. The molecule has 4 aromatic rings. The number of aliphatic carboxylic acids is 3. The van der Waals surface area contributed by atoms with E-state index in [1.54, 1.807) is 76.8 Å². The Morgan fingerprint density at radius 3 is 1.80 bits per heavy atom. The van der Waals surface area contributed by atoms with Gasteiger partial charge in [-0.25, -0.2) is 4.98 Å². The van der Waals surface area contributed by atoms with Gasteiger partial charge in [-0.15, -0.1) is 0 Å². The molecule has 0 spiro atoms. The van der Waals surface area contributed by atoms with E-state index in [1.165, 1.54) is 6.20 Å². The fourth-order valence-electron chi connectivity index (χ4n) is 9.29. The molecule has 35 nitrogen and oxygen atoms in total. The van der Waals surface area contributed by atoms with Gasteiger partial charge in [0.15, 0.2) is 5.95 Å². The third kappa shape index (κ3) is 27.8. The number of anilines is 1. The first kappa shape index (κ1) is 77.0. The molecule has 92 heavy (non-hydrogen) atoms. The third-order valence-corrected chi connectivity index (χ3v) is 16.5. The van der Waals surface area contributed by atoms with E-state index < -0.39 is 122 Å². The number of pyridine rings is 1. The van der Waals surface area contributed by atoms with Crippen LogP contribution in [-0.4, -0.2) is 267 Å². The topological polar surface area (TPSA) is 530 Å². The predicted octanol–water partition coefficient (Wildman–Crippen LogP) is -1.22. The quantitative estimate of drug-likeness (QED) is 0.0207. The number of fused-ring (bicyclic) bond motifs is 1. The molecule has 0 radical (unpaired) electrons. The zero-order valence-corrected chi connectivity index (χ0v) is 53.6. The molecule has 0 aliphatic carbocycles. The average Bonchev–Trinajstić information content (AvgIpc) is 0.850. The molecule has 18 N–H and O–H groups in total. The molecule has 1 fully saturated rings. The zero-order chi connectivity index (χ0) is 68.5. The maximum absolute atomic E-state index is 13.5. The van der Waals surface area contributed by atoms with Crippen molar-refractivity contribution in [2.45, 2.75) is 63.2 Å². The maximum atomic E-state index is 13.5. The summed E-state index contributed by atoms with van der Waals surface area (Å²) in [5, 5.41) is 42.8. The molecule has 3 heterocycles. The minimum absolute atomic E-state index is 0.0168. The van der Waals surface area contributed by atoms with Gasteiger partial charge in [0.2, 0.25) is 29.1 Å². The van der Waals surface area contributed by atoms with Crippen LogP contribution in [0, 0.1) is 13.8 Å². The standard InChI is InChI=1S/C36H64N8O17S3.C18H20N6O4/c1-4-41-9-11-42(13-14-44(22-33(49)50)16-15-43(12-10-41)21-32(47)48)20-31(46)39-29(24-64(58,59)60)36(52)40-28(23-63(55,56)57)35(51)38-8-7-37-30(45)6-5-17-61-27-18-25(2)34(62(53)54)26(3)19-27;1-24-9-12(16(26)22-8-13(19)17(27)28)15(25)11-3-2-10(6-14(11)24)7-23-18-20-4-5-21-18/h18-19,28-29,55-60H,4-17,20-24H2,1-3H3,(H,37,45)(H,38,51)(H,39,46)(H,40,52)(H,47,48)(H,49,50)(H,53,54);2-6,9,13H,7-8,19H2,1H3,(H,22,26)(H,27,28)(H2,20,21,23)/p-1/t;13-/m.0/s1. The van der Waals surface area contributed by atoms with E-state index in [2.05, 4.69) is 41.9 Å². The smallest absolute Gasteiger partial charge is 0.322 e. The number of likely N-dealkylation sites (N-methyl/N-ethyl adjacent to an activating group) is 1. The summed E-state index contributed by atoms with van der Waals surface area (Å²) in [5.41, 5.74) is 7.48. The second-order valence-electron chi connectivity index (χ2n) is 21.3. The number of nitrogens with two attached hydrogens (primary N) is 1. The minimum atomic E-state index is -4.47. The molecule has 1 aliphatic rings. The van der Waals surface area contributed by atoms with Crippen LogP contribution in [-0.2, 0) is 58.2 Å². The molecule has 3 unspecified atom stereocenters. The number of hydrogen-bond acceptors (Lipinski definition) is 25. The average molecular weight is 1360 g/mol. The highest BCUT2D eigenvalue weighted by atomic mass is 32.3. The lowest BCUT2D eigenvalue weighted by molar-refractivity contribution is -0.140. The van der Waals surface area contributed by atoms with Gasteiger partial charge in [-0.1, -0.05) is 13.0 Å². The lowest BCUT2D eigenvalue weighted by Crippen LogP contribution is -2.58. The highest BCUT2D eigenvalue weighted by Gasteiger charge is 2.34. The first-order valence-corrected chi connectivity index (χ1v) is 33.0. The second kappa shape index (κ2) is 37.3. The van der Waals surface area contributed by atoms with Crippen LogP contribution < -0.4 is 47.8 Å². The van der Waals surface area contributed by atoms with Crippen molar-refractivity contribution in [1.29, 1.82) is 0 Å². The molecule has 2 aromatic carbocycles. The van der Waals surface area contributed by atoms with Gasteiger partial charge in [-0.2, -0.15) is 0 Å². The minimum Gasteiger partial charge on any atom is -0.768 e. The van der Waals surface area contributed by atoms with Crippen LogP contribution in [0.5, 0.6) is 5.75 Å². The number of carboxylic acids is 3. The Hall–Kier alpha value is -7.41. The maximum Gasteiger partial charge on any atom is 0.322 e. The van der Waals surface area contributed by atoms with E-state index in [1.807, 2.05) is 17.9 Å². The largest absolute Gasteiger partial charge is 0.768 e. The highest BCUT2D eigenvalue weighted by molar-refractivity contribution is 8.19. The fraction of sp³-hybridized carbons (Fsp3) is 0.519. The molecule has 5 rings (SSSR count). The third-order valence-electron chi connectivity index (χ3n) is 13.9. The number of carbonyl (C=O) groups is 8. The summed E-state index contributed by atoms with van der Waals surface area (Å²) in [5.74, 6) is -8.90. The van der Waals surface area contributed by atoms with Gasteiger partial charge in [-0.3, -0.25) is 62.1 Å². The Morgan fingerprint density at radius 1 is 0.750 bits per heavy atom. The van der Waals surface area contributed by atoms with Crippen molar-refractivity contribution in [3.63, 3.8) is 0 Å². The van der Waals surface area contributed by atoms with Crippen LogP contribution in [0.1, 0.15) is 46.8 Å². The number of aromatic nitrogens is 3. The molecule has 1 aliphatic heterocycles. The van der Waals surface area contributed by atoms with Crippen molar-refractivity contribution in [2.24, 2.45) is 12.8 Å². The molecule has 38 heteroatoms. The normalized spacial score (nSPS) is 15.7. The Kier molecular flexibility index (Phi) is 31.3. The number of H-pyrrole nitrogens is 1. The zero-order valence-electron chi connectivity index (χ0n) is 51.1. The summed E-state index contributed by atoms with van der Waals surface area (Å²) in [7, 11) is -7.19. The molecule has 4 atom stereocenters. The van der Waals surface area contributed by atoms with Crippen LogP contribution in [0.25, 0.3) is 10.9 Å². The SMILES string of the molecule is CCN1CCN(CC(=O)O)CCN(CC(=O)O)CCN(CC(=O)NC(CS(O)(O)O)C(=O)NC(CS(O)(O)O)C(=O)NCCNC(=O)CCCOc2cc(C)c(S(=O)[O-])c(C)c2)CC1.Cn1cc(C(=O)NC[C@H](N)C(=O)O)c(=O)c2ccc(CNc3ncc[nH]3)cc21. The van der Waals surface area contributed by atoms with Crippen molar-refractivity contribution in [2.75, 3.05) is 122 Å². The molecular weight excluding hydrogens is 1280 g/mol. The summed E-state index contributed by atoms with van der Waals surface area (Å²) in [6, 6.07) is 3.40. The first-order chi connectivity index (χ1) is 43.2. The Morgan fingerprint density at radius 2 is 1.29 bits per heavy atom. The number of carbonyl (C=O) groups excluding carboxylic acids is 5. The number of imidazole rings is 1. The van der Waals surface area contributed by atoms with Crippen LogP contribution in [0.4, 0.5) is 5.95 Å². The molecule has 514 valence electrons. The summed E-state index contributed by atoms with van der Waals surface area (Å²) in [6.45, 7) is 6.97. The number of ether oxygens (including phenoxy) is 1. The lowest BCUT2D eigenvalue weighted by Gasteiger charge is -2.33. The highest BCUT2D eigenvalue weighted by Crippen LogP contribution is 2.35. The molecular formula is C54H83N14O21S3-. The molecule has 1 saturated heterocycles. The number of aromatic amines is 1. The summed E-state index contributed by atoms with van der Waals surface area (Å²) < 4.78 is 89.0.